The third-order valence-electron chi connectivity index (χ3n) is 2.78. The molecule has 4 nitrogen and oxygen atoms in total. The fourth-order valence-electron chi connectivity index (χ4n) is 1.87. The Labute approximate surface area is 89.5 Å². The van der Waals surface area contributed by atoms with Crippen molar-refractivity contribution >= 4 is 5.82 Å². The van der Waals surface area contributed by atoms with Crippen LogP contribution in [0.25, 0.3) is 0 Å². The van der Waals surface area contributed by atoms with E-state index >= 15 is 0 Å². The molecule has 2 rings (SSSR count). The average molecular weight is 207 g/mol. The maximum Gasteiger partial charge on any atom is 0.128 e. The predicted octanol–water partition coefficient (Wildman–Crippen LogP) is 0.697. The molecule has 1 saturated carbocycles. The summed E-state index contributed by atoms with van der Waals surface area (Å²) >= 11 is 0. The Bertz CT molecular complexity index is 325. The number of rotatable bonds is 5. The fraction of sp³-hybridized carbons (Fsp3) is 0.545. The van der Waals surface area contributed by atoms with Crippen LogP contribution in [-0.2, 0) is 0 Å². The first-order valence-electron chi connectivity index (χ1n) is 5.37. The zero-order chi connectivity index (χ0) is 10.7. The van der Waals surface area contributed by atoms with Crippen LogP contribution in [0, 0.1) is 5.92 Å². The molecule has 1 heterocycles. The molecule has 1 aromatic heterocycles. The van der Waals surface area contributed by atoms with Gasteiger partial charge in [-0.3, -0.25) is 0 Å². The van der Waals surface area contributed by atoms with E-state index in [2.05, 4.69) is 10.3 Å². The third kappa shape index (κ3) is 2.46. The highest BCUT2D eigenvalue weighted by Crippen LogP contribution is 2.41. The number of nitrogens with one attached hydrogen (secondary N) is 1. The Morgan fingerprint density at radius 2 is 2.40 bits per heavy atom. The molecule has 0 aromatic carbocycles. The molecule has 4 N–H and O–H groups in total. The summed E-state index contributed by atoms with van der Waals surface area (Å²) in [6.07, 6.45) is 4.17. The van der Waals surface area contributed by atoms with Crippen LogP contribution < -0.4 is 11.1 Å². The molecule has 0 amide bonds. The number of hydrogen-bond donors (Lipinski definition) is 3. The lowest BCUT2D eigenvalue weighted by atomic mass is 10.0. The van der Waals surface area contributed by atoms with Crippen molar-refractivity contribution in [1.82, 2.24) is 10.3 Å². The largest absolute Gasteiger partial charge is 0.395 e. The van der Waals surface area contributed by atoms with E-state index in [1.54, 1.807) is 6.20 Å². The molecule has 0 saturated heterocycles. The topological polar surface area (TPSA) is 71.2 Å². The standard InChI is InChI=1S/C11H17N3O/c12-11-9(2-1-5-14-11)10(8-3-4-8)13-6-7-15/h1-2,5,8,10,13,15H,3-4,6-7H2,(H2,12,14). The lowest BCUT2D eigenvalue weighted by Gasteiger charge is -2.19. The lowest BCUT2D eigenvalue weighted by Crippen LogP contribution is -2.26. The summed E-state index contributed by atoms with van der Waals surface area (Å²) in [7, 11) is 0. The SMILES string of the molecule is Nc1ncccc1C(NCCO)C1CC1. The first-order valence-corrected chi connectivity index (χ1v) is 5.37. The second kappa shape index (κ2) is 4.59. The molecule has 0 radical (unpaired) electrons. The van der Waals surface area contributed by atoms with Gasteiger partial charge in [0.1, 0.15) is 5.82 Å². The highest BCUT2D eigenvalue weighted by molar-refractivity contribution is 5.41. The van der Waals surface area contributed by atoms with Gasteiger partial charge in [0.25, 0.3) is 0 Å². The number of nitrogen functional groups attached to an aromatic ring is 1. The maximum absolute atomic E-state index is 8.82. The van der Waals surface area contributed by atoms with Gasteiger partial charge in [0, 0.05) is 24.3 Å². The zero-order valence-corrected chi connectivity index (χ0v) is 8.69. The van der Waals surface area contributed by atoms with E-state index in [1.807, 2.05) is 12.1 Å². The normalized spacial score (nSPS) is 17.7. The molecule has 0 bridgehead atoms. The number of aliphatic hydroxyl groups excluding tert-OH is 1. The van der Waals surface area contributed by atoms with Gasteiger partial charge in [0.05, 0.1) is 6.61 Å². The van der Waals surface area contributed by atoms with Crippen molar-refractivity contribution in [1.29, 1.82) is 0 Å². The van der Waals surface area contributed by atoms with Crippen LogP contribution in [-0.4, -0.2) is 23.2 Å². The van der Waals surface area contributed by atoms with Crippen LogP contribution in [0.2, 0.25) is 0 Å². The maximum atomic E-state index is 8.82. The van der Waals surface area contributed by atoms with E-state index in [1.165, 1.54) is 12.8 Å². The predicted molar refractivity (Wildman–Crippen MR) is 59.2 cm³/mol. The molecule has 1 unspecified atom stereocenters. The Morgan fingerprint density at radius 3 is 3.00 bits per heavy atom. The number of hydrogen-bond acceptors (Lipinski definition) is 4. The minimum atomic E-state index is 0.156. The van der Waals surface area contributed by atoms with Gasteiger partial charge in [-0.25, -0.2) is 4.98 Å². The number of pyridine rings is 1. The second-order valence-corrected chi connectivity index (χ2v) is 3.97. The van der Waals surface area contributed by atoms with Gasteiger partial charge >= 0.3 is 0 Å². The van der Waals surface area contributed by atoms with E-state index in [0.29, 0.717) is 18.3 Å². The number of anilines is 1. The van der Waals surface area contributed by atoms with Crippen LogP contribution >= 0.6 is 0 Å². The first-order chi connectivity index (χ1) is 7.33. The van der Waals surface area contributed by atoms with Crippen molar-refractivity contribution in [3.63, 3.8) is 0 Å². The summed E-state index contributed by atoms with van der Waals surface area (Å²) in [4.78, 5) is 4.09. The quantitative estimate of drug-likeness (QED) is 0.664. The van der Waals surface area contributed by atoms with Gasteiger partial charge in [-0.15, -0.1) is 0 Å². The molecule has 0 aliphatic heterocycles. The van der Waals surface area contributed by atoms with Gasteiger partial charge in [-0.1, -0.05) is 6.07 Å². The molecular weight excluding hydrogens is 190 g/mol. The molecule has 15 heavy (non-hydrogen) atoms. The Kier molecular flexibility index (Phi) is 3.18. The molecule has 1 aromatic rings. The summed E-state index contributed by atoms with van der Waals surface area (Å²) in [6.45, 7) is 0.763. The fourth-order valence-corrected chi connectivity index (χ4v) is 1.87. The van der Waals surface area contributed by atoms with Gasteiger partial charge < -0.3 is 16.2 Å². The van der Waals surface area contributed by atoms with Gasteiger partial charge in [-0.2, -0.15) is 0 Å². The van der Waals surface area contributed by atoms with E-state index in [0.717, 1.165) is 5.56 Å². The number of aliphatic hydroxyl groups is 1. The van der Waals surface area contributed by atoms with Crippen molar-refractivity contribution in [2.75, 3.05) is 18.9 Å². The number of nitrogens with two attached hydrogens (primary N) is 1. The highest BCUT2D eigenvalue weighted by Gasteiger charge is 2.32. The van der Waals surface area contributed by atoms with E-state index in [-0.39, 0.29) is 12.6 Å². The molecule has 0 spiro atoms. The van der Waals surface area contributed by atoms with Crippen molar-refractivity contribution in [2.45, 2.75) is 18.9 Å². The summed E-state index contributed by atoms with van der Waals surface area (Å²) in [5, 5.41) is 12.1. The average Bonchev–Trinajstić information content (AvgIpc) is 3.05. The summed E-state index contributed by atoms with van der Waals surface area (Å²) in [5.41, 5.74) is 6.91. The minimum Gasteiger partial charge on any atom is -0.395 e. The van der Waals surface area contributed by atoms with Crippen LogP contribution in [0.1, 0.15) is 24.4 Å². The molecule has 1 fully saturated rings. The molecule has 1 atom stereocenters. The second-order valence-electron chi connectivity index (χ2n) is 3.97. The van der Waals surface area contributed by atoms with Gasteiger partial charge in [-0.05, 0) is 24.8 Å². The van der Waals surface area contributed by atoms with Crippen LogP contribution in [0.4, 0.5) is 5.82 Å². The molecule has 1 aliphatic carbocycles. The van der Waals surface area contributed by atoms with Crippen molar-refractivity contribution in [3.05, 3.63) is 23.9 Å². The minimum absolute atomic E-state index is 0.156. The van der Waals surface area contributed by atoms with Gasteiger partial charge in [0.15, 0.2) is 0 Å². The lowest BCUT2D eigenvalue weighted by molar-refractivity contribution is 0.280. The Balaban J connectivity index is 2.13. The summed E-state index contributed by atoms with van der Waals surface area (Å²) < 4.78 is 0. The molecule has 4 heteroatoms. The van der Waals surface area contributed by atoms with Crippen molar-refractivity contribution in [2.24, 2.45) is 5.92 Å². The Morgan fingerprint density at radius 1 is 1.60 bits per heavy atom. The first kappa shape index (κ1) is 10.4. The monoisotopic (exact) mass is 207 g/mol. The van der Waals surface area contributed by atoms with Crippen LogP contribution in [0.5, 0.6) is 0 Å². The van der Waals surface area contributed by atoms with Crippen LogP contribution in [0.3, 0.4) is 0 Å². The Hall–Kier alpha value is -1.13. The molecule has 1 aliphatic rings. The summed E-state index contributed by atoms with van der Waals surface area (Å²) in [6, 6.07) is 4.17. The van der Waals surface area contributed by atoms with E-state index in [4.69, 9.17) is 10.8 Å². The van der Waals surface area contributed by atoms with E-state index in [9.17, 15) is 0 Å². The summed E-state index contributed by atoms with van der Waals surface area (Å²) in [5.74, 6) is 1.25. The zero-order valence-electron chi connectivity index (χ0n) is 8.69. The van der Waals surface area contributed by atoms with Crippen molar-refractivity contribution in [3.8, 4) is 0 Å². The van der Waals surface area contributed by atoms with Gasteiger partial charge in [0.2, 0.25) is 0 Å². The highest BCUT2D eigenvalue weighted by atomic mass is 16.3. The smallest absolute Gasteiger partial charge is 0.128 e. The number of nitrogens with zero attached hydrogens (tertiary/aromatic N) is 1. The van der Waals surface area contributed by atoms with E-state index < -0.39 is 0 Å². The molecular formula is C11H17N3O. The third-order valence-corrected chi connectivity index (χ3v) is 2.78. The number of aromatic nitrogens is 1. The van der Waals surface area contributed by atoms with Crippen LogP contribution in [0.15, 0.2) is 18.3 Å². The van der Waals surface area contributed by atoms with Crippen molar-refractivity contribution < 1.29 is 5.11 Å². The molecule has 82 valence electrons.